The maximum atomic E-state index is 14.0. The highest BCUT2D eigenvalue weighted by atomic mass is 32.1. The summed E-state index contributed by atoms with van der Waals surface area (Å²) in [5, 5.41) is 5.30. The van der Waals surface area contributed by atoms with Gasteiger partial charge in [0.2, 0.25) is 5.91 Å². The highest BCUT2D eigenvalue weighted by Crippen LogP contribution is 2.30. The topological polar surface area (TPSA) is 101 Å². The second-order valence-corrected chi connectivity index (χ2v) is 7.20. The highest BCUT2D eigenvalue weighted by molar-refractivity contribution is 7.17. The molecule has 0 fully saturated rings. The first-order chi connectivity index (χ1) is 14.0. The van der Waals surface area contributed by atoms with Gasteiger partial charge >= 0.3 is 0 Å². The zero-order valence-electron chi connectivity index (χ0n) is 15.3. The van der Waals surface area contributed by atoms with Gasteiger partial charge in [-0.15, -0.1) is 11.3 Å². The van der Waals surface area contributed by atoms with E-state index >= 15 is 0 Å². The number of halogens is 1. The van der Waals surface area contributed by atoms with Crippen molar-refractivity contribution in [2.24, 2.45) is 5.73 Å². The maximum Gasteiger partial charge on any atom is 0.265 e. The van der Waals surface area contributed by atoms with Gasteiger partial charge in [0.1, 0.15) is 5.82 Å². The predicted molar refractivity (Wildman–Crippen MR) is 110 cm³/mol. The number of hydrogen-bond donors (Lipinski definition) is 3. The summed E-state index contributed by atoms with van der Waals surface area (Å²) in [5.74, 6) is -1.72. The minimum absolute atomic E-state index is 0.0221. The molecule has 3 amide bonds. The molecule has 1 heterocycles. The second kappa shape index (κ2) is 9.11. The van der Waals surface area contributed by atoms with Crippen LogP contribution >= 0.6 is 11.3 Å². The minimum Gasteiger partial charge on any atom is -0.370 e. The van der Waals surface area contributed by atoms with E-state index in [1.165, 1.54) is 6.07 Å². The fraction of sp³-hybridized carbons (Fsp3) is 0.0952. The van der Waals surface area contributed by atoms with E-state index in [0.717, 1.165) is 11.3 Å². The van der Waals surface area contributed by atoms with Gasteiger partial charge in [0, 0.05) is 23.4 Å². The molecule has 0 atom stereocenters. The maximum absolute atomic E-state index is 14.0. The zero-order chi connectivity index (χ0) is 20.8. The predicted octanol–water partition coefficient (Wildman–Crippen LogP) is 3.41. The number of rotatable bonds is 7. The van der Waals surface area contributed by atoms with Crippen LogP contribution in [0.2, 0.25) is 0 Å². The molecule has 0 aliphatic rings. The first-order valence-corrected chi connectivity index (χ1v) is 9.59. The van der Waals surface area contributed by atoms with Crippen LogP contribution in [0.1, 0.15) is 26.5 Å². The number of carbonyl (C=O) groups is 3. The van der Waals surface area contributed by atoms with Crippen molar-refractivity contribution < 1.29 is 18.8 Å². The van der Waals surface area contributed by atoms with E-state index < -0.39 is 17.7 Å². The standard InChI is InChI=1S/C21H18FN3O3S/c22-15-7-3-1-5-13(15)17-9-10-18(29-17)21(28)25-16-8-4-2-6-14(16)20(27)24-12-11-19(23)26/h1-10H,11-12H2,(H2,23,26)(H,24,27)(H,25,28). The van der Waals surface area contributed by atoms with Crippen LogP contribution < -0.4 is 16.4 Å². The van der Waals surface area contributed by atoms with Gasteiger partial charge in [-0.1, -0.05) is 30.3 Å². The quantitative estimate of drug-likeness (QED) is 0.555. The van der Waals surface area contributed by atoms with Crippen molar-refractivity contribution in [3.63, 3.8) is 0 Å². The highest BCUT2D eigenvalue weighted by Gasteiger charge is 2.16. The number of benzene rings is 2. The Kier molecular flexibility index (Phi) is 6.36. The smallest absolute Gasteiger partial charge is 0.265 e. The van der Waals surface area contributed by atoms with Crippen LogP contribution in [0.15, 0.2) is 60.7 Å². The number of nitrogens with one attached hydrogen (secondary N) is 2. The van der Waals surface area contributed by atoms with Gasteiger partial charge in [0.25, 0.3) is 11.8 Å². The lowest BCUT2D eigenvalue weighted by Crippen LogP contribution is -2.28. The molecule has 1 aromatic heterocycles. The number of thiophene rings is 1. The van der Waals surface area contributed by atoms with Gasteiger partial charge in [0.15, 0.2) is 0 Å². The molecule has 4 N–H and O–H groups in total. The SMILES string of the molecule is NC(=O)CCNC(=O)c1ccccc1NC(=O)c1ccc(-c2ccccc2F)s1. The van der Waals surface area contributed by atoms with E-state index in [1.807, 2.05) is 0 Å². The van der Waals surface area contributed by atoms with Crippen molar-refractivity contribution >= 4 is 34.7 Å². The molecule has 8 heteroatoms. The summed E-state index contributed by atoms with van der Waals surface area (Å²) in [7, 11) is 0. The first kappa shape index (κ1) is 20.2. The zero-order valence-corrected chi connectivity index (χ0v) is 16.1. The number of hydrogen-bond acceptors (Lipinski definition) is 4. The van der Waals surface area contributed by atoms with Crippen LogP contribution in [-0.2, 0) is 4.79 Å². The molecule has 3 aromatic rings. The van der Waals surface area contributed by atoms with Crippen LogP contribution in [-0.4, -0.2) is 24.3 Å². The van der Waals surface area contributed by atoms with Gasteiger partial charge in [-0.3, -0.25) is 14.4 Å². The number of primary amides is 1. The molecule has 0 saturated carbocycles. The van der Waals surface area contributed by atoms with Gasteiger partial charge < -0.3 is 16.4 Å². The van der Waals surface area contributed by atoms with E-state index in [1.54, 1.807) is 54.6 Å². The van der Waals surface area contributed by atoms with Crippen molar-refractivity contribution in [3.8, 4) is 10.4 Å². The largest absolute Gasteiger partial charge is 0.370 e. The summed E-state index contributed by atoms with van der Waals surface area (Å²) in [6, 6.07) is 16.2. The minimum atomic E-state index is -0.518. The fourth-order valence-corrected chi connectivity index (χ4v) is 3.56. The Morgan fingerprint density at radius 2 is 1.66 bits per heavy atom. The molecule has 0 spiro atoms. The molecule has 6 nitrogen and oxygen atoms in total. The summed E-state index contributed by atoms with van der Waals surface area (Å²) in [6.45, 7) is 0.105. The molecule has 0 aliphatic heterocycles. The summed E-state index contributed by atoms with van der Waals surface area (Å²) in [6.07, 6.45) is 0.0221. The van der Waals surface area contributed by atoms with Crippen molar-refractivity contribution in [2.75, 3.05) is 11.9 Å². The Morgan fingerprint density at radius 1 is 0.931 bits per heavy atom. The molecule has 0 aliphatic carbocycles. The molecule has 0 saturated heterocycles. The van der Waals surface area contributed by atoms with Gasteiger partial charge in [-0.25, -0.2) is 4.39 Å². The summed E-state index contributed by atoms with van der Waals surface area (Å²) < 4.78 is 14.0. The molecule has 0 radical (unpaired) electrons. The lowest BCUT2D eigenvalue weighted by atomic mass is 10.1. The summed E-state index contributed by atoms with van der Waals surface area (Å²) in [4.78, 5) is 36.8. The van der Waals surface area contributed by atoms with Crippen molar-refractivity contribution in [1.82, 2.24) is 5.32 Å². The molecule has 0 unspecified atom stereocenters. The molecule has 2 aromatic carbocycles. The molecule has 29 heavy (non-hydrogen) atoms. The van der Waals surface area contributed by atoms with Gasteiger partial charge in [-0.2, -0.15) is 0 Å². The Balaban J connectivity index is 1.74. The summed E-state index contributed by atoms with van der Waals surface area (Å²) >= 11 is 1.15. The number of anilines is 1. The second-order valence-electron chi connectivity index (χ2n) is 6.12. The van der Waals surface area contributed by atoms with E-state index in [4.69, 9.17) is 5.73 Å². The van der Waals surface area contributed by atoms with Crippen molar-refractivity contribution in [1.29, 1.82) is 0 Å². The lowest BCUT2D eigenvalue weighted by molar-refractivity contribution is -0.117. The molecular formula is C21H18FN3O3S. The third-order valence-corrected chi connectivity index (χ3v) is 5.16. The fourth-order valence-electron chi connectivity index (χ4n) is 2.63. The number of amides is 3. The molecule has 148 valence electrons. The first-order valence-electron chi connectivity index (χ1n) is 8.77. The van der Waals surface area contributed by atoms with E-state index in [-0.39, 0.29) is 24.3 Å². The van der Waals surface area contributed by atoms with Crippen molar-refractivity contribution in [2.45, 2.75) is 6.42 Å². The van der Waals surface area contributed by atoms with Crippen LogP contribution in [0.4, 0.5) is 10.1 Å². The summed E-state index contributed by atoms with van der Waals surface area (Å²) in [5.41, 5.74) is 6.07. The Hall–Kier alpha value is -3.52. The van der Waals surface area contributed by atoms with Crippen LogP contribution in [0, 0.1) is 5.82 Å². The molecular weight excluding hydrogens is 393 g/mol. The molecule has 3 rings (SSSR count). The van der Waals surface area contributed by atoms with Gasteiger partial charge in [-0.05, 0) is 30.3 Å². The third kappa shape index (κ3) is 5.05. The number of carbonyl (C=O) groups excluding carboxylic acids is 3. The van der Waals surface area contributed by atoms with Crippen LogP contribution in [0.3, 0.4) is 0 Å². The van der Waals surface area contributed by atoms with E-state index in [0.29, 0.717) is 21.0 Å². The average Bonchev–Trinajstić information content (AvgIpc) is 3.18. The van der Waals surface area contributed by atoms with E-state index in [2.05, 4.69) is 10.6 Å². The Bertz CT molecular complexity index is 1060. The normalized spacial score (nSPS) is 10.4. The Morgan fingerprint density at radius 3 is 2.41 bits per heavy atom. The number of nitrogens with two attached hydrogens (primary N) is 1. The lowest BCUT2D eigenvalue weighted by Gasteiger charge is -2.10. The van der Waals surface area contributed by atoms with Crippen molar-refractivity contribution in [3.05, 3.63) is 76.9 Å². The third-order valence-electron chi connectivity index (χ3n) is 4.05. The molecule has 0 bridgehead atoms. The van der Waals surface area contributed by atoms with E-state index in [9.17, 15) is 18.8 Å². The monoisotopic (exact) mass is 411 g/mol. The average molecular weight is 411 g/mol. The number of para-hydroxylation sites is 1. The van der Waals surface area contributed by atoms with Crippen LogP contribution in [0.25, 0.3) is 10.4 Å². The van der Waals surface area contributed by atoms with Crippen LogP contribution in [0.5, 0.6) is 0 Å². The Labute approximate surface area is 170 Å². The van der Waals surface area contributed by atoms with Gasteiger partial charge in [0.05, 0.1) is 16.1 Å².